The molecule has 0 spiro atoms. The summed E-state index contributed by atoms with van der Waals surface area (Å²) in [6.07, 6.45) is 5.41. The van der Waals surface area contributed by atoms with Crippen molar-refractivity contribution in [1.82, 2.24) is 19.7 Å². The van der Waals surface area contributed by atoms with E-state index in [1.54, 1.807) is 53.1 Å². The van der Waals surface area contributed by atoms with Crippen molar-refractivity contribution < 1.29 is 9.18 Å². The van der Waals surface area contributed by atoms with Crippen LogP contribution in [0.5, 0.6) is 0 Å². The van der Waals surface area contributed by atoms with Crippen molar-refractivity contribution >= 4 is 17.5 Å². The second-order valence-electron chi connectivity index (χ2n) is 5.99. The molecular weight excluding hydrogens is 357 g/mol. The Morgan fingerprint density at radius 1 is 1.42 bits per heavy atom. The molecule has 3 aromatic rings. The van der Waals surface area contributed by atoms with Gasteiger partial charge in [-0.3, -0.25) is 9.48 Å². The summed E-state index contributed by atoms with van der Waals surface area (Å²) in [4.78, 5) is 12.5. The van der Waals surface area contributed by atoms with Crippen molar-refractivity contribution in [1.29, 1.82) is 0 Å². The lowest BCUT2D eigenvalue weighted by molar-refractivity contribution is 0.0938. The maximum Gasteiger partial charge on any atom is 0.253 e. The van der Waals surface area contributed by atoms with Crippen LogP contribution in [0.15, 0.2) is 48.9 Å². The third kappa shape index (κ3) is 3.95. The zero-order chi connectivity index (χ0) is 18.7. The molecule has 1 amide bonds. The number of aromatic nitrogens is 3. The standard InChI is InChI=1S/C18H19ClFN5O/c1-24-18(16(19)10-22-24)25-6-5-13(11-25)17(26)23-15(9-21)8-12-3-2-4-14(20)7-12/h2-7,10-11,15H,8-9,21H2,1H3,(H,23,26). The number of carbonyl (C=O) groups is 1. The summed E-state index contributed by atoms with van der Waals surface area (Å²) in [6, 6.07) is 7.65. The van der Waals surface area contributed by atoms with E-state index < -0.39 is 0 Å². The lowest BCUT2D eigenvalue weighted by atomic mass is 10.1. The number of carbonyl (C=O) groups excluding carboxylic acids is 1. The summed E-state index contributed by atoms with van der Waals surface area (Å²) in [5.74, 6) is 0.101. The van der Waals surface area contributed by atoms with E-state index in [9.17, 15) is 9.18 Å². The molecule has 0 aliphatic rings. The Bertz CT molecular complexity index is 900. The number of nitrogens with zero attached hydrogens (tertiary/aromatic N) is 3. The maximum absolute atomic E-state index is 13.3. The van der Waals surface area contributed by atoms with Crippen LogP contribution in [0.4, 0.5) is 4.39 Å². The molecule has 0 saturated heterocycles. The van der Waals surface area contributed by atoms with Crippen LogP contribution < -0.4 is 11.1 Å². The number of rotatable bonds is 6. The fraction of sp³-hybridized carbons (Fsp3) is 0.222. The molecule has 0 aliphatic carbocycles. The summed E-state index contributed by atoms with van der Waals surface area (Å²) in [7, 11) is 1.77. The van der Waals surface area contributed by atoms with Crippen LogP contribution in [-0.2, 0) is 13.5 Å². The fourth-order valence-electron chi connectivity index (χ4n) is 2.77. The van der Waals surface area contributed by atoms with E-state index in [1.807, 2.05) is 0 Å². The Morgan fingerprint density at radius 2 is 2.23 bits per heavy atom. The van der Waals surface area contributed by atoms with Crippen molar-refractivity contribution in [2.45, 2.75) is 12.5 Å². The van der Waals surface area contributed by atoms with Gasteiger partial charge in [0.1, 0.15) is 10.8 Å². The highest BCUT2D eigenvalue weighted by atomic mass is 35.5. The summed E-state index contributed by atoms with van der Waals surface area (Å²) >= 11 is 6.13. The zero-order valence-electron chi connectivity index (χ0n) is 14.2. The van der Waals surface area contributed by atoms with E-state index in [0.717, 1.165) is 5.56 Å². The van der Waals surface area contributed by atoms with Gasteiger partial charge in [-0.2, -0.15) is 5.10 Å². The van der Waals surface area contributed by atoms with Crippen molar-refractivity contribution in [2.75, 3.05) is 6.54 Å². The number of nitrogens with two attached hydrogens (primary N) is 1. The van der Waals surface area contributed by atoms with E-state index in [0.29, 0.717) is 22.8 Å². The molecular formula is C18H19ClFN5O. The van der Waals surface area contributed by atoms with Crippen molar-refractivity contribution in [2.24, 2.45) is 12.8 Å². The number of amides is 1. The number of hydrogen-bond acceptors (Lipinski definition) is 3. The van der Waals surface area contributed by atoms with Gasteiger partial charge in [0.2, 0.25) is 0 Å². The molecule has 3 rings (SSSR count). The van der Waals surface area contributed by atoms with Gasteiger partial charge in [0.25, 0.3) is 5.91 Å². The highest BCUT2D eigenvalue weighted by molar-refractivity contribution is 6.32. The Labute approximate surface area is 155 Å². The highest BCUT2D eigenvalue weighted by Gasteiger charge is 2.16. The third-order valence-corrected chi connectivity index (χ3v) is 4.32. The average Bonchev–Trinajstić information content (AvgIpc) is 3.21. The van der Waals surface area contributed by atoms with Gasteiger partial charge >= 0.3 is 0 Å². The monoisotopic (exact) mass is 375 g/mol. The molecule has 1 unspecified atom stereocenters. The molecule has 6 nitrogen and oxygen atoms in total. The maximum atomic E-state index is 13.3. The number of nitrogens with one attached hydrogen (secondary N) is 1. The first-order valence-corrected chi connectivity index (χ1v) is 8.47. The molecule has 0 saturated carbocycles. The Kier molecular flexibility index (Phi) is 5.39. The number of hydrogen-bond donors (Lipinski definition) is 2. The first-order valence-electron chi connectivity index (χ1n) is 8.09. The molecule has 0 radical (unpaired) electrons. The van der Waals surface area contributed by atoms with Crippen molar-refractivity contribution in [3.05, 3.63) is 70.9 Å². The van der Waals surface area contributed by atoms with Gasteiger partial charge in [-0.25, -0.2) is 4.39 Å². The summed E-state index contributed by atoms with van der Waals surface area (Å²) < 4.78 is 16.7. The molecule has 1 atom stereocenters. The van der Waals surface area contributed by atoms with E-state index in [-0.39, 0.29) is 24.3 Å². The third-order valence-electron chi connectivity index (χ3n) is 4.05. The predicted molar refractivity (Wildman–Crippen MR) is 98.0 cm³/mol. The normalized spacial score (nSPS) is 12.2. The van der Waals surface area contributed by atoms with E-state index >= 15 is 0 Å². The second kappa shape index (κ2) is 7.72. The van der Waals surface area contributed by atoms with Crippen LogP contribution in [0.25, 0.3) is 5.82 Å². The Morgan fingerprint density at radius 3 is 2.88 bits per heavy atom. The Balaban J connectivity index is 1.71. The van der Waals surface area contributed by atoms with Crippen molar-refractivity contribution in [3.8, 4) is 5.82 Å². The molecule has 0 fully saturated rings. The molecule has 2 aromatic heterocycles. The predicted octanol–water partition coefficient (Wildman–Crippen LogP) is 2.30. The lowest BCUT2D eigenvalue weighted by Gasteiger charge is -2.16. The quantitative estimate of drug-likeness (QED) is 0.694. The zero-order valence-corrected chi connectivity index (χ0v) is 14.9. The molecule has 2 heterocycles. The topological polar surface area (TPSA) is 77.9 Å². The van der Waals surface area contributed by atoms with E-state index in [1.165, 1.54) is 12.1 Å². The van der Waals surface area contributed by atoms with Gasteiger partial charge in [-0.05, 0) is 30.2 Å². The van der Waals surface area contributed by atoms with Gasteiger partial charge in [0.05, 0.1) is 11.8 Å². The smallest absolute Gasteiger partial charge is 0.253 e. The van der Waals surface area contributed by atoms with Gasteiger partial charge < -0.3 is 15.6 Å². The molecule has 3 N–H and O–H groups in total. The Hall–Kier alpha value is -2.64. The minimum atomic E-state index is -0.310. The van der Waals surface area contributed by atoms with Gasteiger partial charge in [-0.1, -0.05) is 23.7 Å². The average molecular weight is 376 g/mol. The molecule has 26 heavy (non-hydrogen) atoms. The van der Waals surface area contributed by atoms with Crippen LogP contribution >= 0.6 is 11.6 Å². The summed E-state index contributed by atoms with van der Waals surface area (Å²) in [6.45, 7) is 0.247. The van der Waals surface area contributed by atoms with E-state index in [4.69, 9.17) is 17.3 Å². The second-order valence-corrected chi connectivity index (χ2v) is 6.39. The minimum Gasteiger partial charge on any atom is -0.348 e. The molecule has 8 heteroatoms. The van der Waals surface area contributed by atoms with Crippen LogP contribution in [0, 0.1) is 5.82 Å². The van der Waals surface area contributed by atoms with Crippen LogP contribution in [-0.4, -0.2) is 32.8 Å². The van der Waals surface area contributed by atoms with Gasteiger partial charge in [0.15, 0.2) is 5.82 Å². The first-order chi connectivity index (χ1) is 12.5. The molecule has 1 aromatic carbocycles. The SMILES string of the molecule is Cn1ncc(Cl)c1-n1ccc(C(=O)NC(CN)Cc2cccc(F)c2)c1. The summed E-state index contributed by atoms with van der Waals surface area (Å²) in [5, 5.41) is 7.45. The fourth-order valence-corrected chi connectivity index (χ4v) is 3.03. The lowest BCUT2D eigenvalue weighted by Crippen LogP contribution is -2.41. The molecule has 0 bridgehead atoms. The summed E-state index contributed by atoms with van der Waals surface area (Å²) in [5.41, 5.74) is 7.01. The first kappa shape index (κ1) is 18.2. The van der Waals surface area contributed by atoms with Gasteiger partial charge in [0, 0.05) is 32.0 Å². The largest absolute Gasteiger partial charge is 0.348 e. The molecule has 0 aliphatic heterocycles. The van der Waals surface area contributed by atoms with Crippen molar-refractivity contribution in [3.63, 3.8) is 0 Å². The number of aryl methyl sites for hydroxylation is 1. The van der Waals surface area contributed by atoms with Crippen LogP contribution in [0.1, 0.15) is 15.9 Å². The molecule has 136 valence electrons. The minimum absolute atomic E-state index is 0.247. The number of benzene rings is 1. The highest BCUT2D eigenvalue weighted by Crippen LogP contribution is 2.20. The number of halogens is 2. The van der Waals surface area contributed by atoms with Crippen LogP contribution in [0.2, 0.25) is 5.02 Å². The van der Waals surface area contributed by atoms with Gasteiger partial charge in [-0.15, -0.1) is 0 Å². The van der Waals surface area contributed by atoms with Crippen LogP contribution in [0.3, 0.4) is 0 Å². The van der Waals surface area contributed by atoms with E-state index in [2.05, 4.69) is 10.4 Å².